The highest BCUT2D eigenvalue weighted by molar-refractivity contribution is 7.99. The van der Waals surface area contributed by atoms with E-state index in [-0.39, 0.29) is 17.3 Å². The molecular formula is C21H18N6O3S2. The number of anilines is 1. The second-order valence-corrected chi connectivity index (χ2v) is 8.72. The molecule has 0 aliphatic carbocycles. The van der Waals surface area contributed by atoms with E-state index in [0.29, 0.717) is 21.5 Å². The number of thiazole rings is 1. The molecule has 4 aromatic rings. The highest BCUT2D eigenvalue weighted by Gasteiger charge is 2.15. The number of nitrogens with zero attached hydrogens (tertiary/aromatic N) is 5. The zero-order valence-corrected chi connectivity index (χ0v) is 18.8. The van der Waals surface area contributed by atoms with Gasteiger partial charge in [0, 0.05) is 35.7 Å². The average Bonchev–Trinajstić information content (AvgIpc) is 3.39. The van der Waals surface area contributed by atoms with Gasteiger partial charge in [-0.25, -0.2) is 4.98 Å². The molecule has 0 atom stereocenters. The van der Waals surface area contributed by atoms with Crippen LogP contribution in [0, 0.1) is 17.0 Å². The van der Waals surface area contributed by atoms with Gasteiger partial charge in [-0.05, 0) is 13.0 Å². The molecule has 0 radical (unpaired) electrons. The second-order valence-electron chi connectivity index (χ2n) is 6.92. The molecule has 0 spiro atoms. The summed E-state index contributed by atoms with van der Waals surface area (Å²) in [6.45, 7) is 2.02. The molecule has 32 heavy (non-hydrogen) atoms. The first kappa shape index (κ1) is 21.7. The summed E-state index contributed by atoms with van der Waals surface area (Å²) < 4.78 is 1.86. The minimum atomic E-state index is -0.452. The number of aryl methyl sites for hydroxylation is 1. The van der Waals surface area contributed by atoms with Gasteiger partial charge >= 0.3 is 0 Å². The number of thioether (sulfide) groups is 1. The van der Waals surface area contributed by atoms with Crippen molar-refractivity contribution in [3.63, 3.8) is 0 Å². The third-order valence-electron chi connectivity index (χ3n) is 4.55. The van der Waals surface area contributed by atoms with E-state index in [9.17, 15) is 14.9 Å². The Balaban J connectivity index is 1.38. The fourth-order valence-corrected chi connectivity index (χ4v) is 4.45. The van der Waals surface area contributed by atoms with Gasteiger partial charge in [-0.15, -0.1) is 21.5 Å². The van der Waals surface area contributed by atoms with Crippen LogP contribution >= 0.6 is 23.1 Å². The summed E-state index contributed by atoms with van der Waals surface area (Å²) in [6, 6.07) is 14.2. The van der Waals surface area contributed by atoms with E-state index in [4.69, 9.17) is 0 Å². The van der Waals surface area contributed by atoms with Gasteiger partial charge in [0.1, 0.15) is 0 Å². The van der Waals surface area contributed by atoms with Gasteiger partial charge in [0.25, 0.3) is 5.69 Å². The summed E-state index contributed by atoms with van der Waals surface area (Å²) in [4.78, 5) is 27.3. The summed E-state index contributed by atoms with van der Waals surface area (Å²) in [5.74, 6) is 0.652. The number of hydrogen-bond donors (Lipinski definition) is 1. The molecule has 2 aromatic heterocycles. The monoisotopic (exact) mass is 466 g/mol. The minimum absolute atomic E-state index is 0.00815. The predicted octanol–water partition coefficient (Wildman–Crippen LogP) is 4.55. The quantitative estimate of drug-likeness (QED) is 0.241. The van der Waals surface area contributed by atoms with Crippen molar-refractivity contribution in [3.8, 4) is 22.6 Å². The Kier molecular flexibility index (Phi) is 6.28. The molecule has 1 amide bonds. The molecule has 0 fully saturated rings. The van der Waals surface area contributed by atoms with E-state index < -0.39 is 4.92 Å². The van der Waals surface area contributed by atoms with Gasteiger partial charge in [-0.3, -0.25) is 14.9 Å². The molecule has 0 aliphatic heterocycles. The number of non-ortho nitro benzene ring substituents is 1. The molecule has 0 bridgehead atoms. The van der Waals surface area contributed by atoms with Crippen LogP contribution in [-0.2, 0) is 11.8 Å². The Bertz CT molecular complexity index is 1300. The van der Waals surface area contributed by atoms with E-state index in [2.05, 4.69) is 20.5 Å². The maximum atomic E-state index is 12.4. The largest absolute Gasteiger partial charge is 0.305 e. The molecule has 162 valence electrons. The first-order valence-electron chi connectivity index (χ1n) is 9.50. The van der Waals surface area contributed by atoms with Gasteiger partial charge in [-0.1, -0.05) is 47.7 Å². The lowest BCUT2D eigenvalue weighted by molar-refractivity contribution is -0.384. The standard InChI is InChI=1S/C21H18N6O3S2/c1-13-5-3-7-15(9-13)19-24-25-21(26(19)2)32-12-18(28)23-20-22-17(11-31-20)14-6-4-8-16(10-14)27(29)30/h3-11H,12H2,1-2H3,(H,22,23,28). The van der Waals surface area contributed by atoms with Crippen molar-refractivity contribution < 1.29 is 9.72 Å². The Hall–Kier alpha value is -3.57. The SMILES string of the molecule is Cc1cccc(-c2nnc(SCC(=O)Nc3nc(-c4cccc([N+](=O)[O-])c4)cs3)n2C)c1. The van der Waals surface area contributed by atoms with Crippen LogP contribution in [0.5, 0.6) is 0 Å². The zero-order chi connectivity index (χ0) is 22.7. The lowest BCUT2D eigenvalue weighted by Gasteiger charge is -2.05. The van der Waals surface area contributed by atoms with Crippen LogP contribution in [0.3, 0.4) is 0 Å². The van der Waals surface area contributed by atoms with Crippen LogP contribution in [0.15, 0.2) is 59.1 Å². The van der Waals surface area contributed by atoms with E-state index in [1.807, 2.05) is 42.8 Å². The van der Waals surface area contributed by atoms with Crippen LogP contribution in [0.4, 0.5) is 10.8 Å². The maximum absolute atomic E-state index is 12.4. The lowest BCUT2D eigenvalue weighted by atomic mass is 10.1. The summed E-state index contributed by atoms with van der Waals surface area (Å²) in [6.07, 6.45) is 0. The first-order chi connectivity index (χ1) is 15.4. The summed E-state index contributed by atoms with van der Waals surface area (Å²) in [7, 11) is 1.87. The molecule has 0 unspecified atom stereocenters. The zero-order valence-electron chi connectivity index (χ0n) is 17.2. The number of benzene rings is 2. The van der Waals surface area contributed by atoms with E-state index in [1.165, 1.54) is 35.2 Å². The molecule has 0 aliphatic rings. The average molecular weight is 467 g/mol. The molecule has 4 rings (SSSR count). The van der Waals surface area contributed by atoms with Crippen molar-refractivity contribution in [2.75, 3.05) is 11.1 Å². The number of carbonyl (C=O) groups is 1. The lowest BCUT2D eigenvalue weighted by Crippen LogP contribution is -2.14. The third-order valence-corrected chi connectivity index (χ3v) is 6.32. The highest BCUT2D eigenvalue weighted by atomic mass is 32.2. The molecule has 9 nitrogen and oxygen atoms in total. The number of nitro groups is 1. The van der Waals surface area contributed by atoms with Crippen molar-refractivity contribution in [1.82, 2.24) is 19.7 Å². The van der Waals surface area contributed by atoms with Crippen molar-refractivity contribution in [2.45, 2.75) is 12.1 Å². The maximum Gasteiger partial charge on any atom is 0.270 e. The molecule has 11 heteroatoms. The number of nitro benzene ring substituents is 1. The molecule has 2 aromatic carbocycles. The van der Waals surface area contributed by atoms with Crippen LogP contribution in [-0.4, -0.2) is 36.3 Å². The normalized spacial score (nSPS) is 10.8. The van der Waals surface area contributed by atoms with E-state index >= 15 is 0 Å². The molecule has 0 saturated carbocycles. The fourth-order valence-electron chi connectivity index (χ4n) is 3.00. The van der Waals surface area contributed by atoms with E-state index in [1.54, 1.807) is 17.5 Å². The smallest absolute Gasteiger partial charge is 0.270 e. The van der Waals surface area contributed by atoms with Gasteiger partial charge in [0.2, 0.25) is 5.91 Å². The van der Waals surface area contributed by atoms with Crippen LogP contribution in [0.25, 0.3) is 22.6 Å². The van der Waals surface area contributed by atoms with Crippen LogP contribution in [0.2, 0.25) is 0 Å². The minimum Gasteiger partial charge on any atom is -0.305 e. The molecule has 0 saturated heterocycles. The molecular weight excluding hydrogens is 448 g/mol. The Morgan fingerprint density at radius 3 is 2.75 bits per heavy atom. The van der Waals surface area contributed by atoms with Crippen LogP contribution < -0.4 is 5.32 Å². The number of hydrogen-bond acceptors (Lipinski definition) is 8. The summed E-state index contributed by atoms with van der Waals surface area (Å²) in [5.41, 5.74) is 3.27. The number of nitrogens with one attached hydrogen (secondary N) is 1. The topological polar surface area (TPSA) is 116 Å². The van der Waals surface area contributed by atoms with Crippen LogP contribution in [0.1, 0.15) is 5.56 Å². The Morgan fingerprint density at radius 2 is 1.97 bits per heavy atom. The number of amides is 1. The molecule has 1 N–H and O–H groups in total. The second kappa shape index (κ2) is 9.28. The predicted molar refractivity (Wildman–Crippen MR) is 125 cm³/mol. The Morgan fingerprint density at radius 1 is 1.19 bits per heavy atom. The first-order valence-corrected chi connectivity index (χ1v) is 11.4. The Labute approximate surface area is 191 Å². The summed E-state index contributed by atoms with van der Waals surface area (Å²) >= 11 is 2.54. The fraction of sp³-hybridized carbons (Fsp3) is 0.143. The number of carbonyl (C=O) groups excluding carboxylic acids is 1. The number of aromatic nitrogens is 4. The van der Waals surface area contributed by atoms with Crippen molar-refractivity contribution >= 4 is 39.8 Å². The van der Waals surface area contributed by atoms with E-state index in [0.717, 1.165) is 17.0 Å². The molecule has 2 heterocycles. The van der Waals surface area contributed by atoms with Gasteiger partial charge in [0.05, 0.1) is 16.4 Å². The van der Waals surface area contributed by atoms with Crippen molar-refractivity contribution in [3.05, 3.63) is 69.6 Å². The van der Waals surface area contributed by atoms with Gasteiger partial charge in [-0.2, -0.15) is 0 Å². The van der Waals surface area contributed by atoms with Gasteiger partial charge < -0.3 is 9.88 Å². The third kappa shape index (κ3) is 4.84. The van der Waals surface area contributed by atoms with Gasteiger partial charge in [0.15, 0.2) is 16.1 Å². The van der Waals surface area contributed by atoms with Crippen molar-refractivity contribution in [1.29, 1.82) is 0 Å². The number of rotatable bonds is 7. The summed E-state index contributed by atoms with van der Waals surface area (Å²) in [5, 5.41) is 25.0. The van der Waals surface area contributed by atoms with Crippen molar-refractivity contribution in [2.24, 2.45) is 7.05 Å². The highest BCUT2D eigenvalue weighted by Crippen LogP contribution is 2.28.